The van der Waals surface area contributed by atoms with Gasteiger partial charge in [0.1, 0.15) is 11.5 Å². The maximum Gasteiger partial charge on any atom is 0.343 e. The topological polar surface area (TPSA) is 106 Å². The van der Waals surface area contributed by atoms with Gasteiger partial charge in [-0.1, -0.05) is 41.4 Å². The van der Waals surface area contributed by atoms with Gasteiger partial charge in [-0.2, -0.15) is 5.10 Å². The van der Waals surface area contributed by atoms with Crippen LogP contribution < -0.4 is 20.2 Å². The molecule has 2 N–H and O–H groups in total. The molecule has 0 saturated carbocycles. The number of nitrogens with zero attached hydrogens (tertiary/aromatic N) is 1. The first-order chi connectivity index (χ1) is 15.9. The molecule has 33 heavy (non-hydrogen) atoms. The Morgan fingerprint density at radius 1 is 0.939 bits per heavy atom. The Balaban J connectivity index is 1.64. The number of esters is 1. The van der Waals surface area contributed by atoms with Crippen molar-refractivity contribution in [2.24, 2.45) is 5.10 Å². The first-order valence-corrected chi connectivity index (χ1v) is 10.1. The van der Waals surface area contributed by atoms with Crippen molar-refractivity contribution in [1.82, 2.24) is 5.43 Å². The van der Waals surface area contributed by atoms with E-state index < -0.39 is 17.8 Å². The van der Waals surface area contributed by atoms with Crippen LogP contribution >= 0.6 is 11.6 Å². The number of carbonyl (C=O) groups excluding carboxylic acids is 3. The van der Waals surface area contributed by atoms with Gasteiger partial charge in [0.15, 0.2) is 0 Å². The van der Waals surface area contributed by atoms with Crippen LogP contribution in [0.1, 0.15) is 21.5 Å². The predicted molar refractivity (Wildman–Crippen MR) is 125 cm³/mol. The SMILES string of the molecule is COc1ccc(Cl)cc1NC(=O)C(=O)N/N=C/c1ccccc1OC(=O)c1cccc(C)c1. The number of aryl methyl sites for hydroxylation is 1. The molecule has 0 aliphatic heterocycles. The number of benzene rings is 3. The van der Waals surface area contributed by atoms with E-state index in [1.165, 1.54) is 19.4 Å². The molecule has 0 bridgehead atoms. The zero-order chi connectivity index (χ0) is 23.8. The number of para-hydroxylation sites is 1. The van der Waals surface area contributed by atoms with Crippen LogP contribution in [0.25, 0.3) is 0 Å². The predicted octanol–water partition coefficient (Wildman–Crippen LogP) is 3.97. The zero-order valence-electron chi connectivity index (χ0n) is 17.8. The Morgan fingerprint density at radius 2 is 1.73 bits per heavy atom. The molecule has 3 aromatic rings. The number of methoxy groups -OCH3 is 1. The highest BCUT2D eigenvalue weighted by atomic mass is 35.5. The Bertz CT molecular complexity index is 1230. The second kappa shape index (κ2) is 10.9. The van der Waals surface area contributed by atoms with E-state index in [0.717, 1.165) is 5.56 Å². The number of hydrogen-bond donors (Lipinski definition) is 2. The number of hydrogen-bond acceptors (Lipinski definition) is 6. The largest absolute Gasteiger partial charge is 0.495 e. The van der Waals surface area contributed by atoms with Crippen molar-refractivity contribution in [3.8, 4) is 11.5 Å². The van der Waals surface area contributed by atoms with Crippen molar-refractivity contribution in [3.05, 3.63) is 88.4 Å². The Morgan fingerprint density at radius 3 is 2.48 bits per heavy atom. The van der Waals surface area contributed by atoms with E-state index in [1.807, 2.05) is 13.0 Å². The number of carbonyl (C=O) groups is 3. The zero-order valence-corrected chi connectivity index (χ0v) is 18.6. The molecule has 0 fully saturated rings. The number of halogens is 1. The first kappa shape index (κ1) is 23.5. The number of nitrogens with one attached hydrogen (secondary N) is 2. The van der Waals surface area contributed by atoms with E-state index in [2.05, 4.69) is 15.8 Å². The highest BCUT2D eigenvalue weighted by Crippen LogP contribution is 2.27. The molecule has 0 aromatic heterocycles. The van der Waals surface area contributed by atoms with Crippen molar-refractivity contribution >= 4 is 41.3 Å². The lowest BCUT2D eigenvalue weighted by Gasteiger charge is -2.09. The maximum absolute atomic E-state index is 12.4. The highest BCUT2D eigenvalue weighted by Gasteiger charge is 2.16. The molecule has 0 heterocycles. The van der Waals surface area contributed by atoms with Crippen LogP contribution in [0.2, 0.25) is 5.02 Å². The van der Waals surface area contributed by atoms with Crippen LogP contribution in [0.5, 0.6) is 11.5 Å². The molecule has 0 atom stereocenters. The van der Waals surface area contributed by atoms with Crippen molar-refractivity contribution in [1.29, 1.82) is 0 Å². The molecule has 168 valence electrons. The summed E-state index contributed by atoms with van der Waals surface area (Å²) in [6.07, 6.45) is 1.27. The average molecular weight is 466 g/mol. The summed E-state index contributed by atoms with van der Waals surface area (Å²) in [5, 5.41) is 6.55. The van der Waals surface area contributed by atoms with E-state index in [0.29, 0.717) is 21.9 Å². The van der Waals surface area contributed by atoms with E-state index >= 15 is 0 Å². The summed E-state index contributed by atoms with van der Waals surface area (Å²) in [6, 6.07) is 18.2. The van der Waals surface area contributed by atoms with Crippen molar-refractivity contribution < 1.29 is 23.9 Å². The van der Waals surface area contributed by atoms with E-state index in [-0.39, 0.29) is 11.4 Å². The number of rotatable bonds is 6. The summed E-state index contributed by atoms with van der Waals surface area (Å²) in [5.41, 5.74) is 4.12. The van der Waals surface area contributed by atoms with Gasteiger partial charge in [0, 0.05) is 10.6 Å². The molecule has 0 aliphatic rings. The second-order valence-corrected chi connectivity index (χ2v) is 7.23. The minimum atomic E-state index is -1.01. The van der Waals surface area contributed by atoms with Gasteiger partial charge in [-0.05, 0) is 49.4 Å². The Hall–Kier alpha value is -4.17. The molecule has 0 saturated heterocycles. The standard InChI is InChI=1S/C24H20ClN3O5/c1-15-6-5-8-16(12-15)24(31)33-20-9-4-3-7-17(20)14-26-28-23(30)22(29)27-19-13-18(25)10-11-21(19)32-2/h3-14H,1-2H3,(H,27,29)(H,28,30)/b26-14+. The third-order valence-electron chi connectivity index (χ3n) is 4.36. The monoisotopic (exact) mass is 465 g/mol. The Labute approximate surface area is 195 Å². The fourth-order valence-electron chi connectivity index (χ4n) is 2.78. The van der Waals surface area contributed by atoms with Gasteiger partial charge in [-0.25, -0.2) is 10.2 Å². The molecule has 0 radical (unpaired) electrons. The van der Waals surface area contributed by atoms with Crippen LogP contribution in [-0.4, -0.2) is 31.1 Å². The second-order valence-electron chi connectivity index (χ2n) is 6.79. The minimum absolute atomic E-state index is 0.238. The Kier molecular flexibility index (Phi) is 7.77. The molecule has 3 aromatic carbocycles. The number of anilines is 1. The summed E-state index contributed by atoms with van der Waals surface area (Å²) in [5.74, 6) is -1.92. The van der Waals surface area contributed by atoms with Gasteiger partial charge in [-0.3, -0.25) is 9.59 Å². The summed E-state index contributed by atoms with van der Waals surface area (Å²) in [4.78, 5) is 36.7. The smallest absolute Gasteiger partial charge is 0.343 e. The van der Waals surface area contributed by atoms with Crippen LogP contribution in [0.3, 0.4) is 0 Å². The minimum Gasteiger partial charge on any atom is -0.495 e. The number of hydrazone groups is 1. The molecule has 3 rings (SSSR count). The van der Waals surface area contributed by atoms with Gasteiger partial charge in [0.25, 0.3) is 0 Å². The van der Waals surface area contributed by atoms with Crippen LogP contribution in [-0.2, 0) is 9.59 Å². The van der Waals surface area contributed by atoms with Crippen molar-refractivity contribution in [2.45, 2.75) is 6.92 Å². The third kappa shape index (κ3) is 6.41. The van der Waals surface area contributed by atoms with Gasteiger partial charge in [0.2, 0.25) is 0 Å². The molecule has 0 spiro atoms. The fourth-order valence-corrected chi connectivity index (χ4v) is 2.95. The van der Waals surface area contributed by atoms with Gasteiger partial charge in [0.05, 0.1) is 24.6 Å². The molecule has 9 heteroatoms. The third-order valence-corrected chi connectivity index (χ3v) is 4.60. The highest BCUT2D eigenvalue weighted by molar-refractivity contribution is 6.40. The van der Waals surface area contributed by atoms with Gasteiger partial charge < -0.3 is 14.8 Å². The van der Waals surface area contributed by atoms with E-state index in [1.54, 1.807) is 54.6 Å². The van der Waals surface area contributed by atoms with E-state index in [4.69, 9.17) is 21.1 Å². The van der Waals surface area contributed by atoms with Gasteiger partial charge >= 0.3 is 17.8 Å². The number of ether oxygens (including phenoxy) is 2. The summed E-state index contributed by atoms with van der Waals surface area (Å²) < 4.78 is 10.6. The van der Waals surface area contributed by atoms with Crippen LogP contribution in [0.4, 0.5) is 5.69 Å². The summed E-state index contributed by atoms with van der Waals surface area (Å²) in [7, 11) is 1.42. The lowest BCUT2D eigenvalue weighted by Crippen LogP contribution is -2.32. The molecule has 8 nitrogen and oxygen atoms in total. The number of amides is 2. The molecular weight excluding hydrogens is 446 g/mol. The lowest BCUT2D eigenvalue weighted by molar-refractivity contribution is -0.136. The van der Waals surface area contributed by atoms with Crippen molar-refractivity contribution in [3.63, 3.8) is 0 Å². The quantitative estimate of drug-likeness (QED) is 0.188. The summed E-state index contributed by atoms with van der Waals surface area (Å²) >= 11 is 5.92. The maximum atomic E-state index is 12.4. The molecular formula is C24H20ClN3O5. The molecule has 2 amide bonds. The fraction of sp³-hybridized carbons (Fsp3) is 0.0833. The van der Waals surface area contributed by atoms with Crippen LogP contribution in [0.15, 0.2) is 71.8 Å². The lowest BCUT2D eigenvalue weighted by atomic mass is 10.1. The van der Waals surface area contributed by atoms with Crippen molar-refractivity contribution in [2.75, 3.05) is 12.4 Å². The van der Waals surface area contributed by atoms with Gasteiger partial charge in [-0.15, -0.1) is 0 Å². The molecule has 0 aliphatic carbocycles. The first-order valence-electron chi connectivity index (χ1n) is 9.73. The molecule has 0 unspecified atom stereocenters. The normalized spacial score (nSPS) is 10.5. The van der Waals surface area contributed by atoms with E-state index in [9.17, 15) is 14.4 Å². The van der Waals surface area contributed by atoms with Crippen LogP contribution in [0, 0.1) is 6.92 Å². The summed E-state index contributed by atoms with van der Waals surface area (Å²) in [6.45, 7) is 1.87. The average Bonchev–Trinajstić information content (AvgIpc) is 2.80.